The Kier molecular flexibility index (Phi) is 8.20. The summed E-state index contributed by atoms with van der Waals surface area (Å²) in [4.78, 5) is 4.86. The molecule has 0 radical (unpaired) electrons. The average molecular weight is 510 g/mol. The lowest BCUT2D eigenvalue weighted by Gasteiger charge is -2.49. The number of aliphatic hydroxyl groups is 1. The number of anilines is 1. The van der Waals surface area contributed by atoms with Gasteiger partial charge in [-0.05, 0) is 61.4 Å². The van der Waals surface area contributed by atoms with Crippen LogP contribution in [0.3, 0.4) is 0 Å². The summed E-state index contributed by atoms with van der Waals surface area (Å²) in [5.74, 6) is 0.636. The van der Waals surface area contributed by atoms with Crippen LogP contribution < -0.4 is 9.64 Å². The van der Waals surface area contributed by atoms with Crippen molar-refractivity contribution in [3.05, 3.63) is 93.5 Å². The van der Waals surface area contributed by atoms with Crippen molar-refractivity contribution >= 4 is 28.9 Å². The molecule has 3 atom stereocenters. The molecule has 7 heteroatoms. The third-order valence-electron chi connectivity index (χ3n) is 6.60. The van der Waals surface area contributed by atoms with Gasteiger partial charge in [-0.3, -0.25) is 4.90 Å². The molecule has 35 heavy (non-hydrogen) atoms. The van der Waals surface area contributed by atoms with Gasteiger partial charge in [-0.25, -0.2) is 0 Å². The Bertz CT molecular complexity index is 1180. The Morgan fingerprint density at radius 3 is 2.40 bits per heavy atom. The fourth-order valence-corrected chi connectivity index (χ4v) is 5.18. The van der Waals surface area contributed by atoms with Crippen molar-refractivity contribution in [1.29, 1.82) is 5.26 Å². The molecule has 0 spiro atoms. The van der Waals surface area contributed by atoms with E-state index in [9.17, 15) is 0 Å². The molecular formula is C28H29Cl2N3O2. The van der Waals surface area contributed by atoms with Crippen molar-refractivity contribution in [1.82, 2.24) is 4.90 Å². The van der Waals surface area contributed by atoms with Crippen LogP contribution in [-0.4, -0.2) is 42.4 Å². The number of nitriles is 1. The zero-order valence-electron chi connectivity index (χ0n) is 19.9. The Hall–Kier alpha value is -2.75. The van der Waals surface area contributed by atoms with E-state index in [0.717, 1.165) is 24.3 Å². The molecule has 1 aliphatic heterocycles. The van der Waals surface area contributed by atoms with Crippen LogP contribution in [0.25, 0.3) is 0 Å². The van der Waals surface area contributed by atoms with Crippen LogP contribution in [0.2, 0.25) is 10.0 Å². The summed E-state index contributed by atoms with van der Waals surface area (Å²) in [6.45, 7) is 6.26. The number of ether oxygens (including phenoxy) is 1. The molecule has 5 nitrogen and oxygen atoms in total. The first kappa shape index (κ1) is 25.3. The summed E-state index contributed by atoms with van der Waals surface area (Å²) < 4.78 is 5.55. The van der Waals surface area contributed by atoms with Crippen molar-refractivity contribution in [3.8, 4) is 11.8 Å². The average Bonchev–Trinajstić information content (AvgIpc) is 2.87. The zero-order chi connectivity index (χ0) is 24.9. The summed E-state index contributed by atoms with van der Waals surface area (Å²) >= 11 is 13.0. The Morgan fingerprint density at radius 2 is 1.77 bits per heavy atom. The van der Waals surface area contributed by atoms with E-state index in [2.05, 4.69) is 41.8 Å². The highest BCUT2D eigenvalue weighted by atomic mass is 35.5. The van der Waals surface area contributed by atoms with Gasteiger partial charge >= 0.3 is 0 Å². The van der Waals surface area contributed by atoms with Gasteiger partial charge in [-0.2, -0.15) is 5.26 Å². The number of benzene rings is 3. The lowest BCUT2D eigenvalue weighted by atomic mass is 9.95. The SMILES string of the molecule is C[C@H](c1ccc(C#N)cc1)N1C[C@H](C)N(c2ccc(OCCO)cc2Cl)[C@H](c2ccc(Cl)cc2)C1. The second-order valence-corrected chi connectivity index (χ2v) is 9.72. The molecule has 0 aliphatic carbocycles. The van der Waals surface area contributed by atoms with Gasteiger partial charge in [0.05, 0.1) is 35.0 Å². The molecule has 0 bridgehead atoms. The van der Waals surface area contributed by atoms with Gasteiger partial charge in [0.15, 0.2) is 0 Å². The van der Waals surface area contributed by atoms with E-state index in [0.29, 0.717) is 21.4 Å². The summed E-state index contributed by atoms with van der Waals surface area (Å²) in [5, 5.41) is 19.5. The molecule has 3 aromatic carbocycles. The lowest BCUT2D eigenvalue weighted by molar-refractivity contribution is 0.148. The fourth-order valence-electron chi connectivity index (χ4n) is 4.79. The van der Waals surface area contributed by atoms with Crippen molar-refractivity contribution in [3.63, 3.8) is 0 Å². The fraction of sp³-hybridized carbons (Fsp3) is 0.321. The quantitative estimate of drug-likeness (QED) is 0.407. The minimum absolute atomic E-state index is 0.0472. The van der Waals surface area contributed by atoms with E-state index in [1.54, 1.807) is 0 Å². The maximum absolute atomic E-state index is 9.15. The second-order valence-electron chi connectivity index (χ2n) is 8.87. The van der Waals surface area contributed by atoms with Crippen LogP contribution in [0.15, 0.2) is 66.7 Å². The van der Waals surface area contributed by atoms with Gasteiger partial charge in [0.2, 0.25) is 0 Å². The Morgan fingerprint density at radius 1 is 1.06 bits per heavy atom. The van der Waals surface area contributed by atoms with Crippen molar-refractivity contribution in [2.75, 3.05) is 31.2 Å². The summed E-state index contributed by atoms with van der Waals surface area (Å²) in [6, 6.07) is 24.2. The van der Waals surface area contributed by atoms with E-state index in [-0.39, 0.29) is 31.3 Å². The first-order valence-electron chi connectivity index (χ1n) is 11.7. The van der Waals surface area contributed by atoms with Crippen LogP contribution in [0, 0.1) is 11.3 Å². The Labute approximate surface area is 217 Å². The zero-order valence-corrected chi connectivity index (χ0v) is 21.4. The highest BCUT2D eigenvalue weighted by Crippen LogP contribution is 2.41. The molecule has 182 valence electrons. The predicted molar refractivity (Wildman–Crippen MR) is 141 cm³/mol. The van der Waals surface area contributed by atoms with Gasteiger partial charge in [0, 0.05) is 36.3 Å². The molecule has 1 N–H and O–H groups in total. The van der Waals surface area contributed by atoms with E-state index in [4.69, 9.17) is 38.3 Å². The van der Waals surface area contributed by atoms with Gasteiger partial charge in [0.1, 0.15) is 12.4 Å². The first-order valence-corrected chi connectivity index (χ1v) is 12.5. The molecule has 0 aromatic heterocycles. The van der Waals surface area contributed by atoms with Crippen LogP contribution in [0.5, 0.6) is 5.75 Å². The highest BCUT2D eigenvalue weighted by molar-refractivity contribution is 6.33. The molecule has 0 saturated carbocycles. The molecule has 3 aromatic rings. The van der Waals surface area contributed by atoms with E-state index >= 15 is 0 Å². The van der Waals surface area contributed by atoms with Crippen LogP contribution >= 0.6 is 23.2 Å². The number of aliphatic hydroxyl groups excluding tert-OH is 1. The maximum atomic E-state index is 9.15. The van der Waals surface area contributed by atoms with E-state index in [1.807, 2.05) is 54.6 Å². The number of halogens is 2. The monoisotopic (exact) mass is 509 g/mol. The van der Waals surface area contributed by atoms with Crippen molar-refractivity contribution in [2.45, 2.75) is 32.0 Å². The van der Waals surface area contributed by atoms with E-state index < -0.39 is 0 Å². The molecule has 1 heterocycles. The van der Waals surface area contributed by atoms with Crippen LogP contribution in [0.4, 0.5) is 5.69 Å². The standard InChI is InChI=1S/C28H29Cl2N3O2/c1-19-17-32(20(2)22-5-3-21(16-31)4-6-22)18-28(23-7-9-24(29)10-8-23)33(19)27-12-11-25(15-26(27)30)35-14-13-34/h3-12,15,19-20,28,34H,13-14,17-18H2,1-2H3/t19-,20+,28-/m0/s1. The minimum Gasteiger partial charge on any atom is -0.491 e. The van der Waals surface area contributed by atoms with E-state index in [1.165, 1.54) is 5.56 Å². The normalized spacial score (nSPS) is 19.3. The number of hydrogen-bond donors (Lipinski definition) is 1. The minimum atomic E-state index is -0.0472. The smallest absolute Gasteiger partial charge is 0.121 e. The molecule has 0 amide bonds. The number of rotatable bonds is 7. The van der Waals surface area contributed by atoms with Crippen LogP contribution in [-0.2, 0) is 0 Å². The molecule has 1 aliphatic rings. The third kappa shape index (κ3) is 5.74. The largest absolute Gasteiger partial charge is 0.491 e. The van der Waals surface area contributed by atoms with Crippen molar-refractivity contribution in [2.24, 2.45) is 0 Å². The Balaban J connectivity index is 1.67. The second kappa shape index (κ2) is 11.3. The lowest BCUT2D eigenvalue weighted by Crippen LogP contribution is -2.54. The topological polar surface area (TPSA) is 59.7 Å². The predicted octanol–water partition coefficient (Wildman–Crippen LogP) is 6.25. The van der Waals surface area contributed by atoms with Gasteiger partial charge in [0.25, 0.3) is 0 Å². The molecular weight excluding hydrogens is 481 g/mol. The molecule has 1 fully saturated rings. The highest BCUT2D eigenvalue weighted by Gasteiger charge is 2.36. The molecule has 1 saturated heterocycles. The van der Waals surface area contributed by atoms with Gasteiger partial charge in [-0.1, -0.05) is 47.5 Å². The number of hydrogen-bond acceptors (Lipinski definition) is 5. The third-order valence-corrected chi connectivity index (χ3v) is 7.15. The van der Waals surface area contributed by atoms with Crippen molar-refractivity contribution < 1.29 is 9.84 Å². The van der Waals surface area contributed by atoms with Crippen LogP contribution in [0.1, 0.15) is 42.6 Å². The first-order chi connectivity index (χ1) is 16.9. The summed E-state index contributed by atoms with van der Waals surface area (Å²) in [6.07, 6.45) is 0. The summed E-state index contributed by atoms with van der Waals surface area (Å²) in [7, 11) is 0. The molecule has 0 unspecified atom stereocenters. The number of nitrogens with zero attached hydrogens (tertiary/aromatic N) is 3. The number of piperazine rings is 1. The maximum Gasteiger partial charge on any atom is 0.121 e. The van der Waals surface area contributed by atoms with Gasteiger partial charge < -0.3 is 14.7 Å². The molecule has 4 rings (SSSR count). The van der Waals surface area contributed by atoms with Gasteiger partial charge in [-0.15, -0.1) is 0 Å². The summed E-state index contributed by atoms with van der Waals surface area (Å²) in [5.41, 5.74) is 3.96.